The molecule has 0 atom stereocenters. The summed E-state index contributed by atoms with van der Waals surface area (Å²) in [4.78, 5) is 58.0. The quantitative estimate of drug-likeness (QED) is 0.292. The minimum Gasteiger partial charge on any atom is -0.475 e. The molecule has 3 heterocycles. The van der Waals surface area contributed by atoms with Crippen molar-refractivity contribution in [1.29, 1.82) is 0 Å². The molecule has 17 heteroatoms. The molecule has 4 rings (SSSR count). The number of carboxylic acids is 1. The van der Waals surface area contributed by atoms with Gasteiger partial charge in [-0.1, -0.05) is 0 Å². The van der Waals surface area contributed by atoms with Crippen LogP contribution in [0.25, 0.3) is 0 Å². The predicted molar refractivity (Wildman–Crippen MR) is 136 cm³/mol. The number of aromatic nitrogens is 2. The maximum absolute atomic E-state index is 13.3. The van der Waals surface area contributed by atoms with E-state index < -0.39 is 47.6 Å². The zero-order chi connectivity index (χ0) is 32.2. The van der Waals surface area contributed by atoms with Crippen LogP contribution < -0.4 is 15.0 Å². The third-order valence-corrected chi connectivity index (χ3v) is 5.77. The van der Waals surface area contributed by atoms with Gasteiger partial charge in [-0.3, -0.25) is 19.6 Å². The first kappa shape index (κ1) is 32.3. The molecule has 1 aliphatic rings. The number of amides is 4. The maximum atomic E-state index is 13.3. The van der Waals surface area contributed by atoms with Crippen molar-refractivity contribution in [3.63, 3.8) is 0 Å². The van der Waals surface area contributed by atoms with Crippen molar-refractivity contribution >= 4 is 35.2 Å². The number of urea groups is 1. The minimum atomic E-state index is -5.08. The van der Waals surface area contributed by atoms with E-state index in [-0.39, 0.29) is 23.5 Å². The van der Waals surface area contributed by atoms with Gasteiger partial charge >= 0.3 is 24.5 Å². The summed E-state index contributed by atoms with van der Waals surface area (Å²) >= 11 is 0. The van der Waals surface area contributed by atoms with E-state index in [4.69, 9.17) is 9.90 Å². The normalized spacial score (nSPS) is 14.6. The standard InChI is InChI=1S/C24H20F3N5O4.C2HF3O2/c1-23(2)21(34)32(22(35)31(23)14-15-7-10-28-11-8-15)17-5-6-19(36-24(25,26)27)18(12-17)30-20(33)16-4-3-9-29-13-16;3-2(4,5)1(6)7/h3-13H,14H2,1-2H3,(H,30,33);(H,6,7). The molecule has 1 aromatic carbocycles. The molecule has 1 saturated heterocycles. The average Bonchev–Trinajstić information content (AvgIpc) is 3.09. The van der Waals surface area contributed by atoms with E-state index in [1.54, 1.807) is 38.4 Å². The number of nitrogens with zero attached hydrogens (tertiary/aromatic N) is 4. The molecule has 228 valence electrons. The molecule has 4 amide bonds. The van der Waals surface area contributed by atoms with Gasteiger partial charge in [0.15, 0.2) is 5.75 Å². The number of hydrogen-bond donors (Lipinski definition) is 2. The van der Waals surface area contributed by atoms with Crippen LogP contribution in [0, 0.1) is 0 Å². The van der Waals surface area contributed by atoms with E-state index >= 15 is 0 Å². The van der Waals surface area contributed by atoms with Crippen LogP contribution in [0.5, 0.6) is 5.75 Å². The molecular weight excluding hydrogens is 592 g/mol. The second kappa shape index (κ2) is 12.3. The summed E-state index contributed by atoms with van der Waals surface area (Å²) in [6, 6.07) is 8.79. The van der Waals surface area contributed by atoms with E-state index in [0.29, 0.717) is 0 Å². The lowest BCUT2D eigenvalue weighted by Gasteiger charge is -2.27. The van der Waals surface area contributed by atoms with Gasteiger partial charge in [-0.05, 0) is 61.9 Å². The van der Waals surface area contributed by atoms with Gasteiger partial charge < -0.3 is 20.1 Å². The fraction of sp³-hybridized carbons (Fsp3) is 0.231. The van der Waals surface area contributed by atoms with Crippen LogP contribution >= 0.6 is 0 Å². The van der Waals surface area contributed by atoms with Crippen LogP contribution in [0.3, 0.4) is 0 Å². The van der Waals surface area contributed by atoms with Gasteiger partial charge in [0.05, 0.1) is 16.9 Å². The van der Waals surface area contributed by atoms with Crippen molar-refractivity contribution in [2.75, 3.05) is 10.2 Å². The van der Waals surface area contributed by atoms with Crippen molar-refractivity contribution in [3.8, 4) is 5.75 Å². The SMILES string of the molecule is CC1(C)C(=O)N(c2ccc(OC(F)(F)F)c(NC(=O)c3cccnc3)c2)C(=O)N1Cc1ccncc1.O=C(O)C(F)(F)F. The Morgan fingerprint density at radius 2 is 1.60 bits per heavy atom. The number of carbonyl (C=O) groups excluding carboxylic acids is 3. The summed E-state index contributed by atoms with van der Waals surface area (Å²) in [5.74, 6) is -4.82. The summed E-state index contributed by atoms with van der Waals surface area (Å²) in [5, 5.41) is 9.47. The van der Waals surface area contributed by atoms with Gasteiger partial charge in [0.25, 0.3) is 11.8 Å². The lowest BCUT2D eigenvalue weighted by molar-refractivity contribution is -0.274. The fourth-order valence-corrected chi connectivity index (χ4v) is 3.66. The van der Waals surface area contributed by atoms with Crippen molar-refractivity contribution in [2.24, 2.45) is 0 Å². The van der Waals surface area contributed by atoms with E-state index in [2.05, 4.69) is 20.0 Å². The topological polar surface area (TPSA) is 142 Å². The van der Waals surface area contributed by atoms with E-state index in [9.17, 15) is 40.7 Å². The zero-order valence-electron chi connectivity index (χ0n) is 22.1. The molecule has 0 bridgehead atoms. The number of halogens is 6. The average molecular weight is 613 g/mol. The Hall–Kier alpha value is -5.22. The number of hydrogen-bond acceptors (Lipinski definition) is 7. The zero-order valence-corrected chi connectivity index (χ0v) is 22.1. The molecule has 2 N–H and O–H groups in total. The Bertz CT molecular complexity index is 1500. The van der Waals surface area contributed by atoms with E-state index in [0.717, 1.165) is 28.7 Å². The number of nitrogens with one attached hydrogen (secondary N) is 1. The molecule has 0 spiro atoms. The highest BCUT2D eigenvalue weighted by molar-refractivity contribution is 6.23. The number of alkyl halides is 6. The Labute approximate surface area is 238 Å². The third-order valence-electron chi connectivity index (χ3n) is 5.77. The first-order valence-corrected chi connectivity index (χ1v) is 11.9. The second-order valence-electron chi connectivity index (χ2n) is 9.15. The number of imide groups is 1. The Morgan fingerprint density at radius 3 is 2.14 bits per heavy atom. The van der Waals surface area contributed by atoms with Crippen molar-refractivity contribution < 1.29 is 55.4 Å². The van der Waals surface area contributed by atoms with Crippen LogP contribution in [0.1, 0.15) is 29.8 Å². The first-order chi connectivity index (χ1) is 19.9. The molecule has 0 aliphatic carbocycles. The number of benzene rings is 1. The molecule has 43 heavy (non-hydrogen) atoms. The smallest absolute Gasteiger partial charge is 0.475 e. The second-order valence-corrected chi connectivity index (χ2v) is 9.15. The van der Waals surface area contributed by atoms with Gasteiger partial charge in [-0.2, -0.15) is 13.2 Å². The largest absolute Gasteiger partial charge is 0.573 e. The molecule has 0 radical (unpaired) electrons. The van der Waals surface area contributed by atoms with Gasteiger partial charge in [0.1, 0.15) is 5.54 Å². The van der Waals surface area contributed by atoms with E-state index in [1.165, 1.54) is 29.4 Å². The number of rotatable bonds is 6. The Balaban J connectivity index is 0.000000646. The van der Waals surface area contributed by atoms with Crippen LogP contribution in [-0.2, 0) is 16.1 Å². The highest BCUT2D eigenvalue weighted by Gasteiger charge is 2.52. The minimum absolute atomic E-state index is 0.0358. The molecule has 11 nitrogen and oxygen atoms in total. The van der Waals surface area contributed by atoms with E-state index in [1.807, 2.05) is 0 Å². The maximum Gasteiger partial charge on any atom is 0.573 e. The van der Waals surface area contributed by atoms with Crippen molar-refractivity contribution in [1.82, 2.24) is 14.9 Å². The monoisotopic (exact) mass is 613 g/mol. The van der Waals surface area contributed by atoms with Gasteiger partial charge in [0, 0.05) is 31.3 Å². The van der Waals surface area contributed by atoms with Gasteiger partial charge in [-0.15, -0.1) is 13.2 Å². The number of carboxylic acid groups (broad SMARTS) is 1. The molecule has 0 saturated carbocycles. The van der Waals surface area contributed by atoms with Crippen LogP contribution in [0.15, 0.2) is 67.3 Å². The highest BCUT2D eigenvalue weighted by Crippen LogP contribution is 2.38. The molecule has 1 fully saturated rings. The molecular formula is C26H21F6N5O6. The predicted octanol–water partition coefficient (Wildman–Crippen LogP) is 5.01. The summed E-state index contributed by atoms with van der Waals surface area (Å²) < 4.78 is 74.8. The third kappa shape index (κ3) is 7.96. The summed E-state index contributed by atoms with van der Waals surface area (Å²) in [7, 11) is 0. The molecule has 2 aromatic heterocycles. The number of pyridine rings is 2. The molecule has 1 aliphatic heterocycles. The molecule has 3 aromatic rings. The van der Waals surface area contributed by atoms with Crippen molar-refractivity contribution in [3.05, 3.63) is 78.4 Å². The van der Waals surface area contributed by atoms with Crippen molar-refractivity contribution in [2.45, 2.75) is 38.5 Å². The first-order valence-electron chi connectivity index (χ1n) is 11.9. The number of ether oxygens (including phenoxy) is 1. The molecule has 0 unspecified atom stereocenters. The van der Waals surface area contributed by atoms with Gasteiger partial charge in [0.2, 0.25) is 0 Å². The summed E-state index contributed by atoms with van der Waals surface area (Å²) in [6.45, 7) is 3.25. The summed E-state index contributed by atoms with van der Waals surface area (Å²) in [5.41, 5.74) is -0.852. The number of aliphatic carboxylic acids is 1. The van der Waals surface area contributed by atoms with Crippen LogP contribution in [0.4, 0.5) is 42.5 Å². The fourth-order valence-electron chi connectivity index (χ4n) is 3.66. The van der Waals surface area contributed by atoms with Crippen LogP contribution in [0.2, 0.25) is 0 Å². The Kier molecular flexibility index (Phi) is 9.27. The Morgan fingerprint density at radius 1 is 0.977 bits per heavy atom. The number of anilines is 2. The van der Waals surface area contributed by atoms with Crippen LogP contribution in [-0.4, -0.2) is 61.9 Å². The highest BCUT2D eigenvalue weighted by atomic mass is 19.4. The lowest BCUT2D eigenvalue weighted by atomic mass is 10.0. The summed E-state index contributed by atoms with van der Waals surface area (Å²) in [6.07, 6.45) is -4.35. The van der Waals surface area contributed by atoms with Gasteiger partial charge in [-0.25, -0.2) is 14.5 Å². The number of carbonyl (C=O) groups is 4. The lowest BCUT2D eigenvalue weighted by Crippen LogP contribution is -2.43.